The first kappa shape index (κ1) is 21.3. The molecule has 0 radical (unpaired) electrons. The molecular formula is C22H27F2N3O2S. The number of fused-ring (bicyclic) bond motifs is 3. The number of nitrogens with zero attached hydrogens (tertiary/aromatic N) is 3. The Kier molecular flexibility index (Phi) is 4.80. The van der Waals surface area contributed by atoms with E-state index < -0.39 is 27.1 Å². The van der Waals surface area contributed by atoms with E-state index in [1.165, 1.54) is 0 Å². The largest absolute Gasteiger partial charge is 0.296 e. The Morgan fingerprint density at radius 1 is 1.23 bits per heavy atom. The van der Waals surface area contributed by atoms with Crippen molar-refractivity contribution >= 4 is 27.6 Å². The lowest BCUT2D eigenvalue weighted by atomic mass is 9.84. The van der Waals surface area contributed by atoms with Gasteiger partial charge in [0.1, 0.15) is 16.8 Å². The molecule has 5 nitrogen and oxygen atoms in total. The third kappa shape index (κ3) is 3.43. The van der Waals surface area contributed by atoms with E-state index in [-0.39, 0.29) is 18.4 Å². The van der Waals surface area contributed by atoms with Crippen LogP contribution in [0.3, 0.4) is 0 Å². The average molecular weight is 436 g/mol. The second kappa shape index (κ2) is 6.77. The van der Waals surface area contributed by atoms with Crippen LogP contribution in [0, 0.1) is 6.92 Å². The maximum Gasteiger partial charge on any atom is 0.261 e. The first-order chi connectivity index (χ1) is 13.8. The molecular weight excluding hydrogens is 408 g/mol. The van der Waals surface area contributed by atoms with Crippen molar-refractivity contribution in [1.29, 1.82) is 0 Å². The highest BCUT2D eigenvalue weighted by Crippen LogP contribution is 2.52. The van der Waals surface area contributed by atoms with Gasteiger partial charge in [-0.25, -0.2) is 18.0 Å². The molecule has 1 aliphatic heterocycles. The summed E-state index contributed by atoms with van der Waals surface area (Å²) < 4.78 is 46.2. The Hall–Kier alpha value is -1.96. The van der Waals surface area contributed by atoms with Crippen molar-refractivity contribution in [2.24, 2.45) is 4.40 Å². The lowest BCUT2D eigenvalue weighted by Crippen LogP contribution is -2.28. The molecule has 0 amide bonds. The van der Waals surface area contributed by atoms with Crippen LogP contribution in [0.5, 0.6) is 0 Å². The summed E-state index contributed by atoms with van der Waals surface area (Å²) in [4.78, 5) is 18.1. The normalized spacial score (nSPS) is 24.6. The molecule has 2 atom stereocenters. The highest BCUT2D eigenvalue weighted by molar-refractivity contribution is 7.85. The minimum atomic E-state index is -2.72. The van der Waals surface area contributed by atoms with E-state index in [9.17, 15) is 17.8 Å². The van der Waals surface area contributed by atoms with Crippen molar-refractivity contribution in [2.75, 3.05) is 0 Å². The number of halogens is 2. The molecule has 1 fully saturated rings. The van der Waals surface area contributed by atoms with E-state index >= 15 is 0 Å². The van der Waals surface area contributed by atoms with Crippen molar-refractivity contribution in [3.8, 4) is 0 Å². The van der Waals surface area contributed by atoms with Crippen LogP contribution in [0.1, 0.15) is 70.3 Å². The summed E-state index contributed by atoms with van der Waals surface area (Å²) in [7, 11) is -1.46. The lowest BCUT2D eigenvalue weighted by molar-refractivity contribution is 0.00242. The molecule has 1 aliphatic carbocycles. The molecule has 2 unspecified atom stereocenters. The zero-order valence-electron chi connectivity index (χ0n) is 18.0. The van der Waals surface area contributed by atoms with Crippen molar-refractivity contribution in [2.45, 2.75) is 82.9 Å². The van der Waals surface area contributed by atoms with Gasteiger partial charge in [-0.05, 0) is 65.2 Å². The van der Waals surface area contributed by atoms with Crippen LogP contribution in [0.25, 0.3) is 10.9 Å². The summed E-state index contributed by atoms with van der Waals surface area (Å²) in [5.74, 6) is -2.26. The fraction of sp³-hybridized carbons (Fsp3) is 0.591. The maximum atomic E-state index is 14.1. The summed E-state index contributed by atoms with van der Waals surface area (Å²) >= 11 is 0. The predicted molar refractivity (Wildman–Crippen MR) is 116 cm³/mol. The molecule has 2 aliphatic rings. The molecule has 1 aromatic heterocycles. The van der Waals surface area contributed by atoms with Crippen molar-refractivity contribution in [3.63, 3.8) is 0 Å². The van der Waals surface area contributed by atoms with Gasteiger partial charge in [0, 0.05) is 30.4 Å². The van der Waals surface area contributed by atoms with E-state index in [0.29, 0.717) is 47.4 Å². The third-order valence-corrected chi connectivity index (χ3v) is 7.68. The summed E-state index contributed by atoms with van der Waals surface area (Å²) in [6.45, 7) is 9.58. The zero-order chi connectivity index (χ0) is 22.1. The number of benzene rings is 1. The van der Waals surface area contributed by atoms with Gasteiger partial charge >= 0.3 is 0 Å². The van der Waals surface area contributed by atoms with Gasteiger partial charge in [-0.15, -0.1) is 0 Å². The van der Waals surface area contributed by atoms with Crippen LogP contribution >= 0.6 is 0 Å². The molecule has 4 rings (SSSR count). The molecule has 0 bridgehead atoms. The van der Waals surface area contributed by atoms with E-state index in [1.54, 1.807) is 17.6 Å². The van der Waals surface area contributed by atoms with Gasteiger partial charge in [0.15, 0.2) is 0 Å². The van der Waals surface area contributed by atoms with Crippen molar-refractivity contribution in [1.82, 2.24) is 9.55 Å². The minimum Gasteiger partial charge on any atom is -0.296 e. The quantitative estimate of drug-likeness (QED) is 0.655. The second-order valence-electron chi connectivity index (χ2n) is 9.70. The second-order valence-corrected chi connectivity index (χ2v) is 11.6. The van der Waals surface area contributed by atoms with Crippen LogP contribution in [0.4, 0.5) is 8.78 Å². The molecule has 1 saturated carbocycles. The fourth-order valence-corrected chi connectivity index (χ4v) is 5.23. The molecule has 0 N–H and O–H groups in total. The Morgan fingerprint density at radius 2 is 1.93 bits per heavy atom. The fourth-order valence-electron chi connectivity index (χ4n) is 4.60. The predicted octanol–water partition coefficient (Wildman–Crippen LogP) is 4.44. The number of aromatic nitrogens is 2. The summed E-state index contributed by atoms with van der Waals surface area (Å²) in [5.41, 5.74) is 1.54. The molecule has 8 heteroatoms. The topological polar surface area (TPSA) is 64.3 Å². The summed E-state index contributed by atoms with van der Waals surface area (Å²) in [6.07, 6.45) is 0.407. The number of hydrogen-bond donors (Lipinski definition) is 0. The van der Waals surface area contributed by atoms with E-state index in [4.69, 9.17) is 4.98 Å². The van der Waals surface area contributed by atoms with Crippen LogP contribution in [-0.2, 0) is 22.9 Å². The van der Waals surface area contributed by atoms with Gasteiger partial charge in [-0.1, -0.05) is 0 Å². The summed E-state index contributed by atoms with van der Waals surface area (Å²) in [5, 5.41) is 0.451. The highest BCUT2D eigenvalue weighted by atomic mass is 32.2. The van der Waals surface area contributed by atoms with E-state index in [1.807, 2.05) is 33.8 Å². The van der Waals surface area contributed by atoms with Crippen LogP contribution < -0.4 is 5.56 Å². The smallest absolute Gasteiger partial charge is 0.261 e. The molecule has 2 heterocycles. The first-order valence-electron chi connectivity index (χ1n) is 10.2. The third-order valence-electron chi connectivity index (χ3n) is 6.19. The highest BCUT2D eigenvalue weighted by Gasteiger charge is 2.54. The van der Waals surface area contributed by atoms with Gasteiger partial charge in [0.05, 0.1) is 21.4 Å². The lowest BCUT2D eigenvalue weighted by Gasteiger charge is -2.23. The van der Waals surface area contributed by atoms with Gasteiger partial charge in [-0.3, -0.25) is 9.36 Å². The molecule has 30 heavy (non-hydrogen) atoms. The molecule has 0 saturated heterocycles. The van der Waals surface area contributed by atoms with Crippen molar-refractivity contribution in [3.05, 3.63) is 39.4 Å². The Morgan fingerprint density at radius 3 is 2.53 bits per heavy atom. The first-order valence-corrected chi connectivity index (χ1v) is 11.3. The SMILES string of the molecule is CC(=NS(=O)C(C)(C)C)c1cc(C)cc2c(=O)n3c(nc12)C1(CC3)CCC(F)(F)C1. The van der Waals surface area contributed by atoms with Crippen LogP contribution in [-0.4, -0.2) is 30.1 Å². The van der Waals surface area contributed by atoms with E-state index in [0.717, 1.165) is 5.56 Å². The zero-order valence-corrected chi connectivity index (χ0v) is 18.8. The van der Waals surface area contributed by atoms with Crippen molar-refractivity contribution < 1.29 is 13.0 Å². The Labute approximate surface area is 177 Å². The van der Waals surface area contributed by atoms with Crippen LogP contribution in [0.2, 0.25) is 0 Å². The molecule has 1 aromatic carbocycles. The average Bonchev–Trinajstić information content (AvgIpc) is 3.14. The number of alkyl halides is 2. The Balaban J connectivity index is 1.95. The maximum absolute atomic E-state index is 14.1. The van der Waals surface area contributed by atoms with Gasteiger partial charge in [0.2, 0.25) is 5.92 Å². The van der Waals surface area contributed by atoms with Gasteiger partial charge in [-0.2, -0.15) is 4.40 Å². The standard InChI is InChI=1S/C22H27F2N3O2S/c1-13-10-15(14(2)26-30(29)20(3,4)5)17-16(11-13)18(28)27-9-8-21(19(27)25-17)6-7-22(23,24)12-21/h10-11H,6-9,12H2,1-5H3. The minimum absolute atomic E-state index is 0.174. The van der Waals surface area contributed by atoms with Gasteiger partial charge < -0.3 is 0 Å². The number of hydrogen-bond acceptors (Lipinski definition) is 3. The number of aryl methyl sites for hydroxylation is 1. The molecule has 2 aromatic rings. The number of rotatable bonds is 2. The van der Waals surface area contributed by atoms with Gasteiger partial charge in [0.25, 0.3) is 5.56 Å². The van der Waals surface area contributed by atoms with E-state index in [2.05, 4.69) is 4.40 Å². The van der Waals surface area contributed by atoms with Crippen LogP contribution in [0.15, 0.2) is 21.3 Å². The molecule has 1 spiro atoms. The Bertz CT molecular complexity index is 1160. The monoisotopic (exact) mass is 435 g/mol. The molecule has 162 valence electrons. The summed E-state index contributed by atoms with van der Waals surface area (Å²) in [6, 6.07) is 3.65.